The van der Waals surface area contributed by atoms with Crippen LogP contribution in [0.5, 0.6) is 0 Å². The molecule has 0 unspecified atom stereocenters. The minimum atomic E-state index is -0.197. The number of benzene rings is 1. The zero-order chi connectivity index (χ0) is 19.9. The molecule has 1 aromatic heterocycles. The van der Waals surface area contributed by atoms with Gasteiger partial charge in [0.15, 0.2) is 5.78 Å². The molecule has 28 heavy (non-hydrogen) atoms. The summed E-state index contributed by atoms with van der Waals surface area (Å²) in [5, 5.41) is 6.11. The summed E-state index contributed by atoms with van der Waals surface area (Å²) in [6, 6.07) is 8.78. The molecule has 146 valence electrons. The first-order chi connectivity index (χ1) is 13.5. The number of anilines is 2. The van der Waals surface area contributed by atoms with Crippen LogP contribution in [0.3, 0.4) is 0 Å². The van der Waals surface area contributed by atoms with E-state index in [0.717, 1.165) is 24.9 Å². The molecule has 1 amide bonds. The summed E-state index contributed by atoms with van der Waals surface area (Å²) in [5.41, 5.74) is 3.21. The number of carbonyl (C=O) groups is 2. The van der Waals surface area contributed by atoms with Crippen LogP contribution in [0.4, 0.5) is 11.5 Å². The Kier molecular flexibility index (Phi) is 6.53. The van der Waals surface area contributed by atoms with Crippen LogP contribution in [0.2, 0.25) is 0 Å². The molecule has 6 nitrogen and oxygen atoms in total. The van der Waals surface area contributed by atoms with Crippen molar-refractivity contribution in [2.75, 3.05) is 11.9 Å². The maximum Gasteiger partial charge on any atom is 0.270 e. The third-order valence-electron chi connectivity index (χ3n) is 4.75. The Morgan fingerprint density at radius 1 is 1.11 bits per heavy atom. The van der Waals surface area contributed by atoms with E-state index in [4.69, 9.17) is 0 Å². The van der Waals surface area contributed by atoms with Crippen molar-refractivity contribution >= 4 is 23.2 Å². The van der Waals surface area contributed by atoms with E-state index in [1.54, 1.807) is 25.1 Å². The van der Waals surface area contributed by atoms with Crippen LogP contribution in [0.25, 0.3) is 0 Å². The third kappa shape index (κ3) is 5.49. The molecule has 2 N–H and O–H groups in total. The molecule has 2 aromatic rings. The summed E-state index contributed by atoms with van der Waals surface area (Å²) in [6.45, 7) is 3.91. The van der Waals surface area contributed by atoms with Gasteiger partial charge in [0.25, 0.3) is 5.91 Å². The summed E-state index contributed by atoms with van der Waals surface area (Å²) in [4.78, 5) is 32.5. The first-order valence-corrected chi connectivity index (χ1v) is 9.71. The molecule has 0 bridgehead atoms. The highest BCUT2D eigenvalue weighted by molar-refractivity contribution is 5.94. The molecular weight excluding hydrogens is 352 g/mol. The fourth-order valence-corrected chi connectivity index (χ4v) is 3.24. The first-order valence-electron chi connectivity index (χ1n) is 9.71. The molecule has 1 aliphatic rings. The number of Topliss-reactive ketones (excluding diaryl/α,β-unsaturated/α-hetero) is 1. The summed E-state index contributed by atoms with van der Waals surface area (Å²) in [5.74, 6) is 0.887. The van der Waals surface area contributed by atoms with Crippen LogP contribution in [0.1, 0.15) is 65.7 Å². The zero-order valence-corrected chi connectivity index (χ0v) is 16.4. The Morgan fingerprint density at radius 3 is 2.57 bits per heavy atom. The molecule has 0 saturated carbocycles. The fraction of sp³-hybridized carbons (Fsp3) is 0.364. The predicted molar refractivity (Wildman–Crippen MR) is 110 cm³/mol. The lowest BCUT2D eigenvalue weighted by molar-refractivity contribution is 0.0947. The lowest BCUT2D eigenvalue weighted by Crippen LogP contribution is -2.26. The molecule has 1 aliphatic carbocycles. The molecule has 0 radical (unpaired) electrons. The molecule has 0 spiro atoms. The van der Waals surface area contributed by atoms with E-state index in [2.05, 4.69) is 26.7 Å². The standard InChI is InChI=1S/C22H26N4O2/c1-15(27)18-8-10-19(11-9-18)26-21-14-20(24-16(2)25-21)22(28)23-13-12-17-6-4-3-5-7-17/h6,8-11,14H,3-5,7,12-13H2,1-2H3,(H,23,28)(H,24,25,26). The number of hydrogen-bond acceptors (Lipinski definition) is 5. The SMILES string of the molecule is CC(=O)c1ccc(Nc2cc(C(=O)NCCC3=CCCCC3)nc(C)n2)cc1. The second-order valence-corrected chi connectivity index (χ2v) is 7.06. The van der Waals surface area contributed by atoms with Crippen molar-refractivity contribution in [1.82, 2.24) is 15.3 Å². The number of rotatable bonds is 7. The van der Waals surface area contributed by atoms with Crippen molar-refractivity contribution < 1.29 is 9.59 Å². The number of aromatic nitrogens is 2. The van der Waals surface area contributed by atoms with Crippen molar-refractivity contribution in [2.24, 2.45) is 0 Å². The zero-order valence-electron chi connectivity index (χ0n) is 16.4. The van der Waals surface area contributed by atoms with Crippen LogP contribution in [0, 0.1) is 6.92 Å². The number of allylic oxidation sites excluding steroid dienone is 1. The monoisotopic (exact) mass is 378 g/mol. The number of hydrogen-bond donors (Lipinski definition) is 2. The maximum absolute atomic E-state index is 12.5. The van der Waals surface area contributed by atoms with E-state index < -0.39 is 0 Å². The second kappa shape index (κ2) is 9.26. The van der Waals surface area contributed by atoms with Gasteiger partial charge in [-0.2, -0.15) is 0 Å². The van der Waals surface area contributed by atoms with Gasteiger partial charge < -0.3 is 10.6 Å². The molecule has 1 heterocycles. The highest BCUT2D eigenvalue weighted by Gasteiger charge is 2.11. The van der Waals surface area contributed by atoms with Gasteiger partial charge in [0.1, 0.15) is 17.3 Å². The minimum Gasteiger partial charge on any atom is -0.350 e. The molecule has 0 saturated heterocycles. The normalized spacial score (nSPS) is 13.6. The van der Waals surface area contributed by atoms with Crippen molar-refractivity contribution in [1.29, 1.82) is 0 Å². The smallest absolute Gasteiger partial charge is 0.270 e. The lowest BCUT2D eigenvalue weighted by Gasteiger charge is -2.13. The van der Waals surface area contributed by atoms with Crippen molar-refractivity contribution in [3.8, 4) is 0 Å². The summed E-state index contributed by atoms with van der Waals surface area (Å²) in [6.07, 6.45) is 7.99. The minimum absolute atomic E-state index is 0.0207. The molecule has 3 rings (SSSR count). The van der Waals surface area contributed by atoms with Gasteiger partial charge in [0.2, 0.25) is 0 Å². The number of nitrogens with one attached hydrogen (secondary N) is 2. The highest BCUT2D eigenvalue weighted by atomic mass is 16.1. The van der Waals surface area contributed by atoms with Crippen LogP contribution in [-0.2, 0) is 0 Å². The van der Waals surface area contributed by atoms with E-state index in [9.17, 15) is 9.59 Å². The van der Waals surface area contributed by atoms with E-state index >= 15 is 0 Å². The van der Waals surface area contributed by atoms with Gasteiger partial charge >= 0.3 is 0 Å². The largest absolute Gasteiger partial charge is 0.350 e. The Labute approximate surface area is 165 Å². The van der Waals surface area contributed by atoms with E-state index in [1.165, 1.54) is 25.3 Å². The molecule has 0 atom stereocenters. The third-order valence-corrected chi connectivity index (χ3v) is 4.75. The van der Waals surface area contributed by atoms with Gasteiger partial charge in [-0.25, -0.2) is 9.97 Å². The maximum atomic E-state index is 12.5. The van der Waals surface area contributed by atoms with E-state index in [1.807, 2.05) is 12.1 Å². The number of carbonyl (C=O) groups excluding carboxylic acids is 2. The quantitative estimate of drug-likeness (QED) is 0.553. The predicted octanol–water partition coefficient (Wildman–Crippen LogP) is 4.35. The van der Waals surface area contributed by atoms with Crippen LogP contribution >= 0.6 is 0 Å². The van der Waals surface area contributed by atoms with Gasteiger partial charge in [0, 0.05) is 23.9 Å². The number of aryl methyl sites for hydroxylation is 1. The van der Waals surface area contributed by atoms with Gasteiger partial charge in [-0.1, -0.05) is 11.6 Å². The fourth-order valence-electron chi connectivity index (χ4n) is 3.24. The number of amides is 1. The van der Waals surface area contributed by atoms with Crippen molar-refractivity contribution in [3.05, 3.63) is 59.1 Å². The Morgan fingerprint density at radius 2 is 1.89 bits per heavy atom. The van der Waals surface area contributed by atoms with Crippen LogP contribution in [0.15, 0.2) is 42.0 Å². The molecule has 6 heteroatoms. The molecule has 0 fully saturated rings. The van der Waals surface area contributed by atoms with Crippen LogP contribution in [-0.4, -0.2) is 28.2 Å². The molecular formula is C22H26N4O2. The molecule has 1 aromatic carbocycles. The topological polar surface area (TPSA) is 84.0 Å². The summed E-state index contributed by atoms with van der Waals surface area (Å²) < 4.78 is 0. The summed E-state index contributed by atoms with van der Waals surface area (Å²) >= 11 is 0. The van der Waals surface area contributed by atoms with Gasteiger partial charge in [-0.15, -0.1) is 0 Å². The average Bonchev–Trinajstić information content (AvgIpc) is 2.68. The summed E-state index contributed by atoms with van der Waals surface area (Å²) in [7, 11) is 0. The second-order valence-electron chi connectivity index (χ2n) is 7.06. The van der Waals surface area contributed by atoms with E-state index in [-0.39, 0.29) is 11.7 Å². The van der Waals surface area contributed by atoms with Gasteiger partial charge in [0.05, 0.1) is 0 Å². The van der Waals surface area contributed by atoms with Crippen molar-refractivity contribution in [3.63, 3.8) is 0 Å². The Balaban J connectivity index is 1.62. The van der Waals surface area contributed by atoms with Crippen molar-refractivity contribution in [2.45, 2.75) is 46.0 Å². The first kappa shape index (κ1) is 19.7. The van der Waals surface area contributed by atoms with Gasteiger partial charge in [-0.05, 0) is 70.2 Å². The Hall–Kier alpha value is -3.02. The molecule has 0 aliphatic heterocycles. The lowest BCUT2D eigenvalue weighted by atomic mass is 9.97. The number of ketones is 1. The Bertz CT molecular complexity index is 888. The average molecular weight is 378 g/mol. The van der Waals surface area contributed by atoms with E-state index in [0.29, 0.717) is 29.4 Å². The highest BCUT2D eigenvalue weighted by Crippen LogP contribution is 2.20. The number of nitrogens with zero attached hydrogens (tertiary/aromatic N) is 2. The van der Waals surface area contributed by atoms with Gasteiger partial charge in [-0.3, -0.25) is 9.59 Å². The van der Waals surface area contributed by atoms with Crippen LogP contribution < -0.4 is 10.6 Å².